The smallest absolute Gasteiger partial charge is 0.255 e. The zero-order valence-electron chi connectivity index (χ0n) is 36.0. The van der Waals surface area contributed by atoms with Gasteiger partial charge in [0.05, 0.1) is 23.6 Å². The summed E-state index contributed by atoms with van der Waals surface area (Å²) < 4.78 is 0. The third kappa shape index (κ3) is 7.99. The van der Waals surface area contributed by atoms with Gasteiger partial charge in [0.15, 0.2) is 11.4 Å². The number of aromatic hydroxyl groups is 1. The number of unbranched alkanes of at least 4 members (excludes halogenated alkanes) is 6. The van der Waals surface area contributed by atoms with Crippen molar-refractivity contribution in [3.8, 4) is 5.75 Å². The molecule has 332 valence electrons. The molecule has 0 fully saturated rings. The summed E-state index contributed by atoms with van der Waals surface area (Å²) in [4.78, 5) is 55.0. The Balaban J connectivity index is 0.987. The van der Waals surface area contributed by atoms with Gasteiger partial charge < -0.3 is 31.3 Å². The van der Waals surface area contributed by atoms with Crippen molar-refractivity contribution in [1.82, 2.24) is 4.90 Å². The van der Waals surface area contributed by atoms with Crippen LogP contribution in [0.1, 0.15) is 80.1 Å². The molecule has 0 unspecified atom stereocenters. The molecule has 0 saturated heterocycles. The fourth-order valence-corrected chi connectivity index (χ4v) is 15.6. The molecule has 0 aromatic heterocycles. The monoisotopic (exact) mass is 875 g/mol. The van der Waals surface area contributed by atoms with Crippen molar-refractivity contribution >= 4 is 52.2 Å². The van der Waals surface area contributed by atoms with Crippen molar-refractivity contribution in [2.24, 2.45) is 17.6 Å². The number of phenolic OH excluding ortho intramolecular Hbond substituents is 1. The van der Waals surface area contributed by atoms with Crippen molar-refractivity contribution < 1.29 is 44.7 Å². The summed E-state index contributed by atoms with van der Waals surface area (Å²) in [7, 11) is 0.692. The molecule has 8 N–H and O–H groups in total. The van der Waals surface area contributed by atoms with E-state index in [1.54, 1.807) is 6.92 Å². The van der Waals surface area contributed by atoms with Crippen LogP contribution < -0.4 is 27.0 Å². The first-order chi connectivity index (χ1) is 30.2. The summed E-state index contributed by atoms with van der Waals surface area (Å²) >= 11 is 0. The average molecular weight is 876 g/mol. The van der Waals surface area contributed by atoms with E-state index in [1.807, 2.05) is 0 Å². The number of likely N-dealkylation sites (N-methyl/N-ethyl adjacent to an activating group) is 1. The fourth-order valence-electron chi connectivity index (χ4n) is 10.7. The predicted molar refractivity (Wildman–Crippen MR) is 247 cm³/mol. The van der Waals surface area contributed by atoms with Crippen LogP contribution in [0.3, 0.4) is 0 Å². The van der Waals surface area contributed by atoms with E-state index in [2.05, 4.69) is 96.3 Å². The second-order valence-electron chi connectivity index (χ2n) is 17.5. The first kappa shape index (κ1) is 45.4. The van der Waals surface area contributed by atoms with Crippen LogP contribution in [-0.2, 0) is 14.4 Å². The largest absolute Gasteiger partial charge is 0.510 e. The number of nitrogens with one attached hydrogen (secondary N) is 1. The predicted octanol–water partition coefficient (Wildman–Crippen LogP) is 5.44. The number of carbonyl (C=O) groups excluding carboxylic acids is 4. The van der Waals surface area contributed by atoms with Crippen molar-refractivity contribution in [2.75, 3.05) is 25.6 Å². The Bertz CT molecular complexity index is 2340. The number of phenols is 1. The van der Waals surface area contributed by atoms with Crippen molar-refractivity contribution in [3.05, 3.63) is 137 Å². The molecule has 7 rings (SSSR count). The van der Waals surface area contributed by atoms with E-state index in [1.165, 1.54) is 47.0 Å². The van der Waals surface area contributed by atoms with Crippen LogP contribution in [-0.4, -0.2) is 91.8 Å². The fraction of sp³-hybridized carbons (Fsp3) is 0.360. The van der Waals surface area contributed by atoms with Gasteiger partial charge >= 0.3 is 193 Å². The second-order valence-corrected chi connectivity index (χ2v) is 21.5. The standard InChI is InChI=1S/C50H58N3O9P/c1-30-37-34(27-28-35(54)39(37)44(56)40-38(30)45(57)42-43(53(2)3)46(58)41(49(51)61)48(60)50(42,62)47(40)59)52-36(55)26-18-7-5-4-6-8-19-29-63(31-20-12-9-13-21-31,32-22-14-10-15-23-32)33-24-16-11-17-25-33/h9-17,20-25,27-28,30,38,42-43,45,54,57-59,62-63H,4-8,18-19,26,29H2,1-3H3,(H2,51,61)(H,52,55)/t30-,38+,42+,43-,45-,50-/m0/s1. The minimum atomic E-state index is -3.01. The molecule has 0 heterocycles. The van der Waals surface area contributed by atoms with Crippen molar-refractivity contribution in [2.45, 2.75) is 82.0 Å². The Labute approximate surface area is 368 Å². The van der Waals surface area contributed by atoms with Crippen LogP contribution in [0, 0.1) is 11.8 Å². The number of primary amides is 1. The van der Waals surface area contributed by atoms with Gasteiger partial charge in [-0.15, -0.1) is 0 Å². The summed E-state index contributed by atoms with van der Waals surface area (Å²) in [6.07, 6.45) is 6.37. The van der Waals surface area contributed by atoms with Gasteiger partial charge in [0.25, 0.3) is 5.91 Å². The summed E-state index contributed by atoms with van der Waals surface area (Å²) in [5.41, 5.74) is 1.14. The van der Waals surface area contributed by atoms with E-state index < -0.39 is 88.7 Å². The number of amides is 2. The Hall–Kier alpha value is -5.65. The number of aliphatic hydroxyl groups is 4. The molecule has 0 saturated carbocycles. The number of nitrogens with two attached hydrogens (primary N) is 1. The summed E-state index contributed by atoms with van der Waals surface area (Å²) in [5, 5.41) is 64.8. The zero-order chi connectivity index (χ0) is 45.2. The molecule has 0 aliphatic heterocycles. The number of carbonyl (C=O) groups is 4. The van der Waals surface area contributed by atoms with Crippen LogP contribution >= 0.6 is 7.26 Å². The van der Waals surface area contributed by atoms with Crippen LogP contribution in [0.4, 0.5) is 5.69 Å². The minimum absolute atomic E-state index is 0.213. The number of hydrogen-bond acceptors (Lipinski definition) is 10. The van der Waals surface area contributed by atoms with Crippen LogP contribution in [0.2, 0.25) is 0 Å². The Morgan fingerprint density at radius 2 is 1.27 bits per heavy atom. The minimum Gasteiger partial charge on any atom is -0.510 e. The number of anilines is 1. The molecular weight excluding hydrogens is 818 g/mol. The number of fused-ring (bicyclic) bond motifs is 3. The molecule has 6 atom stereocenters. The molecule has 2 amide bonds. The molecule has 63 heavy (non-hydrogen) atoms. The van der Waals surface area contributed by atoms with Crippen LogP contribution in [0.15, 0.2) is 126 Å². The maximum atomic E-state index is 14.2. The number of benzene rings is 4. The number of Topliss-reactive ketones (excluding diaryl/α,β-unsaturated/α-hetero) is 2. The van der Waals surface area contributed by atoms with Gasteiger partial charge in [-0.3, -0.25) is 19.3 Å². The van der Waals surface area contributed by atoms with Gasteiger partial charge in [-0.25, -0.2) is 0 Å². The van der Waals surface area contributed by atoms with E-state index in [4.69, 9.17) is 5.73 Å². The van der Waals surface area contributed by atoms with Gasteiger partial charge in [0, 0.05) is 11.5 Å². The molecule has 0 radical (unpaired) electrons. The molecule has 4 aromatic rings. The van der Waals surface area contributed by atoms with E-state index in [9.17, 15) is 44.7 Å². The van der Waals surface area contributed by atoms with E-state index in [-0.39, 0.29) is 29.1 Å². The number of nitrogens with zero attached hydrogens (tertiary/aromatic N) is 1. The molecule has 3 aliphatic carbocycles. The van der Waals surface area contributed by atoms with Gasteiger partial charge in [-0.2, -0.15) is 0 Å². The molecule has 0 spiro atoms. The molecule has 3 aliphatic rings. The SMILES string of the molecule is C[C@H]1c2c(NC(=O)CCCCCCCCC[PH](c3ccccc3)(c3ccccc3)c3ccccc3)ccc(O)c2C(=O)C2=C(O)[C@]3(O)C(=O)C(C(N)=O)=C(O)[C@@H](N(C)C)[C@@H]3[C@@H](O)[C@@H]21. The van der Waals surface area contributed by atoms with Gasteiger partial charge in [-0.05, 0) is 37.7 Å². The van der Waals surface area contributed by atoms with E-state index in [0.717, 1.165) is 44.7 Å². The number of rotatable bonds is 16. The Morgan fingerprint density at radius 3 is 1.78 bits per heavy atom. The first-order valence-electron chi connectivity index (χ1n) is 21.8. The quantitative estimate of drug-likeness (QED) is 0.0328. The molecule has 4 aromatic carbocycles. The van der Waals surface area contributed by atoms with Crippen molar-refractivity contribution in [3.63, 3.8) is 0 Å². The zero-order valence-corrected chi connectivity index (χ0v) is 37.0. The maximum Gasteiger partial charge on any atom is 0.255 e. The van der Waals surface area contributed by atoms with Gasteiger partial charge in [0.1, 0.15) is 22.8 Å². The molecule has 13 heteroatoms. The Kier molecular flexibility index (Phi) is 13.4. The first-order valence-corrected chi connectivity index (χ1v) is 24.0. The second kappa shape index (κ2) is 18.6. The third-order valence-electron chi connectivity index (χ3n) is 13.6. The topological polar surface area (TPSA) is 211 Å². The number of aliphatic hydroxyl groups excluding tert-OH is 3. The van der Waals surface area contributed by atoms with Crippen molar-refractivity contribution in [1.29, 1.82) is 0 Å². The summed E-state index contributed by atoms with van der Waals surface area (Å²) in [5.74, 6) is -10.2. The van der Waals surface area contributed by atoms with E-state index in [0.29, 0.717) is 6.42 Å². The number of hydrogen-bond donors (Lipinski definition) is 7. The third-order valence-corrected chi connectivity index (χ3v) is 18.7. The summed E-state index contributed by atoms with van der Waals surface area (Å²) in [6.45, 7) is 1.64. The van der Waals surface area contributed by atoms with Crippen LogP contribution in [0.25, 0.3) is 0 Å². The Morgan fingerprint density at radius 1 is 0.762 bits per heavy atom. The molecular formula is C50H58N3O9P. The van der Waals surface area contributed by atoms with Gasteiger partial charge in [0.2, 0.25) is 5.78 Å². The number of ketones is 2. The summed E-state index contributed by atoms with van der Waals surface area (Å²) in [6, 6.07) is 34.1. The molecule has 0 bridgehead atoms. The van der Waals surface area contributed by atoms with Crippen LogP contribution in [0.5, 0.6) is 5.75 Å². The normalized spacial score (nSPS) is 23.6. The van der Waals surface area contributed by atoms with Gasteiger partial charge in [-0.1, -0.05) is 6.92 Å². The van der Waals surface area contributed by atoms with E-state index >= 15 is 0 Å². The maximum absolute atomic E-state index is 14.2. The molecule has 12 nitrogen and oxygen atoms in total. The average Bonchev–Trinajstić information content (AvgIpc) is 3.27.